The van der Waals surface area contributed by atoms with Crippen molar-refractivity contribution < 1.29 is 9.90 Å². The summed E-state index contributed by atoms with van der Waals surface area (Å²) in [5.74, 6) is -0.764. The van der Waals surface area contributed by atoms with E-state index < -0.39 is 5.97 Å². The van der Waals surface area contributed by atoms with Crippen molar-refractivity contribution >= 4 is 35.0 Å². The summed E-state index contributed by atoms with van der Waals surface area (Å²) in [6.45, 7) is 3.55. The Morgan fingerprint density at radius 1 is 1.65 bits per heavy atom. The van der Waals surface area contributed by atoms with Gasteiger partial charge in [0.2, 0.25) is 0 Å². The molecular weight excluding hydrogens is 258 g/mol. The molecule has 1 aliphatic heterocycles. The third kappa shape index (κ3) is 3.07. The smallest absolute Gasteiger partial charge is 0.305 e. The Bertz CT molecular complexity index is 439. The van der Waals surface area contributed by atoms with Gasteiger partial charge < -0.3 is 10.0 Å². The molecule has 17 heavy (non-hydrogen) atoms. The first-order chi connectivity index (χ1) is 8.06. The molecule has 2 rings (SSSR count). The zero-order chi connectivity index (χ0) is 12.4. The minimum absolute atomic E-state index is 0.156. The van der Waals surface area contributed by atoms with Crippen LogP contribution in [0.4, 0.5) is 5.69 Å². The van der Waals surface area contributed by atoms with Gasteiger partial charge in [-0.15, -0.1) is 11.8 Å². The molecule has 0 amide bonds. The highest BCUT2D eigenvalue weighted by atomic mass is 35.5. The van der Waals surface area contributed by atoms with Crippen LogP contribution in [0, 0.1) is 0 Å². The first-order valence-electron chi connectivity index (χ1n) is 5.49. The van der Waals surface area contributed by atoms with E-state index in [0.29, 0.717) is 16.8 Å². The monoisotopic (exact) mass is 271 g/mol. The van der Waals surface area contributed by atoms with Gasteiger partial charge in [-0.05, 0) is 18.2 Å². The number of thioether (sulfide) groups is 1. The summed E-state index contributed by atoms with van der Waals surface area (Å²) in [7, 11) is 0. The highest BCUT2D eigenvalue weighted by Crippen LogP contribution is 2.39. The van der Waals surface area contributed by atoms with Crippen molar-refractivity contribution in [3.8, 4) is 0 Å². The molecule has 1 unspecified atom stereocenters. The number of aliphatic carboxylic acids is 1. The number of carbonyl (C=O) groups is 1. The van der Waals surface area contributed by atoms with E-state index in [-0.39, 0.29) is 6.42 Å². The number of rotatable bonds is 3. The van der Waals surface area contributed by atoms with Crippen molar-refractivity contribution in [3.63, 3.8) is 0 Å². The maximum absolute atomic E-state index is 10.6. The Labute approximate surface area is 110 Å². The van der Waals surface area contributed by atoms with Gasteiger partial charge in [-0.1, -0.05) is 18.5 Å². The lowest BCUT2D eigenvalue weighted by molar-refractivity contribution is -0.136. The van der Waals surface area contributed by atoms with Gasteiger partial charge in [0.1, 0.15) is 0 Å². The van der Waals surface area contributed by atoms with Gasteiger partial charge in [-0.25, -0.2) is 0 Å². The molecule has 0 bridgehead atoms. The number of benzene rings is 1. The summed E-state index contributed by atoms with van der Waals surface area (Å²) >= 11 is 7.80. The second-order valence-electron chi connectivity index (χ2n) is 4.13. The molecule has 92 valence electrons. The average molecular weight is 272 g/mol. The van der Waals surface area contributed by atoms with Crippen molar-refractivity contribution in [2.75, 3.05) is 18.0 Å². The van der Waals surface area contributed by atoms with Crippen LogP contribution in [-0.4, -0.2) is 29.4 Å². The molecule has 0 fully saturated rings. The lowest BCUT2D eigenvalue weighted by Crippen LogP contribution is -2.34. The minimum Gasteiger partial charge on any atom is -0.481 e. The van der Waals surface area contributed by atoms with E-state index in [1.807, 2.05) is 30.0 Å². The average Bonchev–Trinajstić information content (AvgIpc) is 2.26. The first-order valence-corrected chi connectivity index (χ1v) is 6.75. The Morgan fingerprint density at radius 3 is 3.12 bits per heavy atom. The zero-order valence-electron chi connectivity index (χ0n) is 9.52. The largest absolute Gasteiger partial charge is 0.481 e. The van der Waals surface area contributed by atoms with Crippen LogP contribution in [-0.2, 0) is 4.79 Å². The normalized spacial score (nSPS) is 18.9. The highest BCUT2D eigenvalue weighted by Gasteiger charge is 2.22. The van der Waals surface area contributed by atoms with Crippen molar-refractivity contribution in [3.05, 3.63) is 23.2 Å². The summed E-state index contributed by atoms with van der Waals surface area (Å²) in [5, 5.41) is 9.92. The Hall–Kier alpha value is -0.870. The fourth-order valence-electron chi connectivity index (χ4n) is 1.94. The predicted molar refractivity (Wildman–Crippen MR) is 71.2 cm³/mol. The Kier molecular flexibility index (Phi) is 3.84. The number of hydrogen-bond donors (Lipinski definition) is 1. The lowest BCUT2D eigenvalue weighted by Gasteiger charge is -2.34. The molecule has 1 aromatic rings. The number of anilines is 1. The Balaban J connectivity index is 2.23. The van der Waals surface area contributed by atoms with Crippen LogP contribution in [0.1, 0.15) is 13.3 Å². The van der Waals surface area contributed by atoms with Gasteiger partial charge in [-0.3, -0.25) is 4.79 Å². The summed E-state index contributed by atoms with van der Waals surface area (Å²) in [6.07, 6.45) is 0.156. The molecule has 0 spiro atoms. The van der Waals surface area contributed by atoms with E-state index in [4.69, 9.17) is 16.7 Å². The minimum atomic E-state index is -0.764. The maximum Gasteiger partial charge on any atom is 0.305 e. The molecule has 5 heteroatoms. The number of nitrogens with zero attached hydrogens (tertiary/aromatic N) is 1. The molecule has 1 aliphatic rings. The second-order valence-corrected chi connectivity index (χ2v) is 6.05. The third-order valence-corrected chi connectivity index (χ3v) is 4.05. The number of hydrogen-bond acceptors (Lipinski definition) is 3. The topological polar surface area (TPSA) is 40.5 Å². The highest BCUT2D eigenvalue weighted by molar-refractivity contribution is 8.00. The van der Waals surface area contributed by atoms with E-state index in [1.165, 1.54) is 4.90 Å². The van der Waals surface area contributed by atoms with Crippen LogP contribution in [0.15, 0.2) is 23.1 Å². The SMILES string of the molecule is CC1CN(CCC(=O)O)c2cc(Cl)ccc2S1. The fraction of sp³-hybridized carbons (Fsp3) is 0.417. The van der Waals surface area contributed by atoms with Gasteiger partial charge in [0, 0.05) is 28.3 Å². The van der Waals surface area contributed by atoms with Crippen LogP contribution in [0.2, 0.25) is 5.02 Å². The van der Waals surface area contributed by atoms with Crippen molar-refractivity contribution in [1.29, 1.82) is 0 Å². The second kappa shape index (κ2) is 5.19. The molecule has 0 saturated heterocycles. The predicted octanol–water partition coefficient (Wildman–Crippen LogP) is 3.12. The van der Waals surface area contributed by atoms with Crippen molar-refractivity contribution in [2.45, 2.75) is 23.5 Å². The molecule has 3 nitrogen and oxygen atoms in total. The Morgan fingerprint density at radius 2 is 2.41 bits per heavy atom. The fourth-order valence-corrected chi connectivity index (χ4v) is 3.25. The van der Waals surface area contributed by atoms with Gasteiger partial charge in [0.15, 0.2) is 0 Å². The van der Waals surface area contributed by atoms with Crippen LogP contribution < -0.4 is 4.90 Å². The molecule has 1 N–H and O–H groups in total. The number of carboxylic acids is 1. The maximum atomic E-state index is 10.6. The van der Waals surface area contributed by atoms with E-state index in [2.05, 4.69) is 11.8 Å². The van der Waals surface area contributed by atoms with Crippen molar-refractivity contribution in [2.24, 2.45) is 0 Å². The van der Waals surface area contributed by atoms with E-state index in [9.17, 15) is 4.79 Å². The summed E-state index contributed by atoms with van der Waals surface area (Å²) < 4.78 is 0. The molecule has 1 atom stereocenters. The summed E-state index contributed by atoms with van der Waals surface area (Å²) in [4.78, 5) is 13.9. The van der Waals surface area contributed by atoms with Crippen LogP contribution in [0.3, 0.4) is 0 Å². The van der Waals surface area contributed by atoms with E-state index in [1.54, 1.807) is 0 Å². The lowest BCUT2D eigenvalue weighted by atomic mass is 10.2. The molecule has 1 heterocycles. The van der Waals surface area contributed by atoms with Crippen LogP contribution in [0.25, 0.3) is 0 Å². The van der Waals surface area contributed by atoms with Crippen LogP contribution >= 0.6 is 23.4 Å². The summed E-state index contributed by atoms with van der Waals surface area (Å²) in [6, 6.07) is 5.80. The third-order valence-electron chi connectivity index (χ3n) is 2.66. The molecule has 0 aromatic heterocycles. The quantitative estimate of drug-likeness (QED) is 0.917. The number of fused-ring (bicyclic) bond motifs is 1. The van der Waals surface area contributed by atoms with E-state index in [0.717, 1.165) is 12.2 Å². The molecular formula is C12H14ClNO2S. The van der Waals surface area contributed by atoms with Crippen LogP contribution in [0.5, 0.6) is 0 Å². The van der Waals surface area contributed by atoms with Gasteiger partial charge in [0.25, 0.3) is 0 Å². The number of carboxylic acid groups (broad SMARTS) is 1. The molecule has 0 saturated carbocycles. The zero-order valence-corrected chi connectivity index (χ0v) is 11.1. The molecule has 0 radical (unpaired) electrons. The van der Waals surface area contributed by atoms with Gasteiger partial charge in [-0.2, -0.15) is 0 Å². The summed E-state index contributed by atoms with van der Waals surface area (Å²) in [5.41, 5.74) is 1.06. The van der Waals surface area contributed by atoms with Crippen molar-refractivity contribution in [1.82, 2.24) is 0 Å². The van der Waals surface area contributed by atoms with E-state index >= 15 is 0 Å². The standard InChI is InChI=1S/C12H14ClNO2S/c1-8-7-14(5-4-12(15)16)10-6-9(13)2-3-11(10)17-8/h2-3,6,8H,4-5,7H2,1H3,(H,15,16). The molecule has 0 aliphatic carbocycles. The van der Waals surface area contributed by atoms with Gasteiger partial charge >= 0.3 is 5.97 Å². The molecule has 1 aromatic carbocycles. The number of halogens is 1. The van der Waals surface area contributed by atoms with Gasteiger partial charge in [0.05, 0.1) is 12.1 Å². The first kappa shape index (κ1) is 12.6.